The van der Waals surface area contributed by atoms with Gasteiger partial charge in [-0.05, 0) is 49.3 Å². The average Bonchev–Trinajstić information content (AvgIpc) is 3.00. The zero-order chi connectivity index (χ0) is 16.2. The van der Waals surface area contributed by atoms with Gasteiger partial charge in [0.05, 0.1) is 6.61 Å². The Balaban J connectivity index is 1.56. The first-order chi connectivity index (χ1) is 11.8. The number of hydrogen-bond acceptors (Lipinski definition) is 3. The molecule has 0 saturated carbocycles. The van der Waals surface area contributed by atoms with Crippen molar-refractivity contribution in [1.82, 2.24) is 0 Å². The van der Waals surface area contributed by atoms with Gasteiger partial charge in [0.1, 0.15) is 17.3 Å². The highest BCUT2D eigenvalue weighted by molar-refractivity contribution is 5.62. The van der Waals surface area contributed by atoms with Gasteiger partial charge in [-0.1, -0.05) is 36.4 Å². The van der Waals surface area contributed by atoms with Crippen molar-refractivity contribution in [2.75, 3.05) is 6.61 Å². The van der Waals surface area contributed by atoms with Crippen LogP contribution in [0.5, 0.6) is 11.5 Å². The molecule has 2 heterocycles. The van der Waals surface area contributed by atoms with Crippen molar-refractivity contribution in [2.24, 2.45) is 0 Å². The molecule has 1 spiro atoms. The average molecular weight is 320 g/mol. The van der Waals surface area contributed by atoms with Crippen LogP contribution in [-0.2, 0) is 9.47 Å². The summed E-state index contributed by atoms with van der Waals surface area (Å²) in [6, 6.07) is 17.7. The highest BCUT2D eigenvalue weighted by Crippen LogP contribution is 2.36. The van der Waals surface area contributed by atoms with E-state index in [-0.39, 0.29) is 0 Å². The second-order valence-corrected chi connectivity index (χ2v) is 6.05. The van der Waals surface area contributed by atoms with Crippen LogP contribution in [-0.4, -0.2) is 12.4 Å². The van der Waals surface area contributed by atoms with E-state index in [0.29, 0.717) is 0 Å². The molecule has 0 aliphatic carbocycles. The van der Waals surface area contributed by atoms with Crippen molar-refractivity contribution in [3.8, 4) is 11.5 Å². The van der Waals surface area contributed by atoms with Gasteiger partial charge < -0.3 is 14.2 Å². The third kappa shape index (κ3) is 3.22. The molecular formula is C21H20O3. The minimum absolute atomic E-state index is 0.556. The van der Waals surface area contributed by atoms with Gasteiger partial charge in [0.15, 0.2) is 0 Å². The van der Waals surface area contributed by atoms with Gasteiger partial charge in [-0.2, -0.15) is 0 Å². The highest BCUT2D eigenvalue weighted by Gasteiger charge is 2.36. The first-order valence-corrected chi connectivity index (χ1v) is 8.39. The van der Waals surface area contributed by atoms with Crippen LogP contribution in [0.4, 0.5) is 0 Å². The molecule has 0 radical (unpaired) electrons. The quantitative estimate of drug-likeness (QED) is 0.767. The lowest BCUT2D eigenvalue weighted by Gasteiger charge is -2.31. The molecule has 0 amide bonds. The molecular weight excluding hydrogens is 300 g/mol. The molecule has 4 rings (SSSR count). The first kappa shape index (κ1) is 15.0. The van der Waals surface area contributed by atoms with E-state index in [1.54, 1.807) is 0 Å². The lowest BCUT2D eigenvalue weighted by atomic mass is 10.1. The minimum Gasteiger partial charge on any atom is -0.459 e. The number of benzene rings is 2. The lowest BCUT2D eigenvalue weighted by Crippen LogP contribution is -2.34. The Kier molecular flexibility index (Phi) is 4.09. The second-order valence-electron chi connectivity index (χ2n) is 6.05. The van der Waals surface area contributed by atoms with Gasteiger partial charge in [-0.15, -0.1) is 0 Å². The van der Waals surface area contributed by atoms with Gasteiger partial charge in [0, 0.05) is 12.0 Å². The molecule has 0 N–H and O–H groups in total. The molecule has 1 fully saturated rings. The first-order valence-electron chi connectivity index (χ1n) is 8.39. The summed E-state index contributed by atoms with van der Waals surface area (Å²) in [4.78, 5) is 0. The Morgan fingerprint density at radius 2 is 1.79 bits per heavy atom. The third-order valence-electron chi connectivity index (χ3n) is 4.25. The van der Waals surface area contributed by atoms with E-state index < -0.39 is 5.79 Å². The Hall–Kier alpha value is -2.52. The second kappa shape index (κ2) is 6.54. The summed E-state index contributed by atoms with van der Waals surface area (Å²) in [6.07, 6.45) is 9.16. The van der Waals surface area contributed by atoms with E-state index in [2.05, 4.69) is 0 Å². The van der Waals surface area contributed by atoms with Crippen molar-refractivity contribution >= 4 is 6.08 Å². The van der Waals surface area contributed by atoms with Gasteiger partial charge in [-0.3, -0.25) is 0 Å². The standard InChI is InChI=1S/C21H20O3/c1-2-9-18(10-3-1)23-20-11-5-4-8-17(20)16-19-12-14-21(24-19)13-6-7-15-22-21/h1-5,8-12,14,16H,6-7,13,15H2/b19-16-. The predicted molar refractivity (Wildman–Crippen MR) is 93.7 cm³/mol. The molecule has 3 nitrogen and oxygen atoms in total. The Bertz CT molecular complexity index is 756. The van der Waals surface area contributed by atoms with E-state index in [4.69, 9.17) is 14.2 Å². The number of para-hydroxylation sites is 2. The molecule has 24 heavy (non-hydrogen) atoms. The molecule has 2 aliphatic rings. The number of ether oxygens (including phenoxy) is 3. The van der Waals surface area contributed by atoms with Crippen LogP contribution in [0.3, 0.4) is 0 Å². The molecule has 2 aromatic rings. The Morgan fingerprint density at radius 3 is 2.62 bits per heavy atom. The van der Waals surface area contributed by atoms with Crippen molar-refractivity contribution in [3.05, 3.63) is 78.1 Å². The number of allylic oxidation sites excluding steroid dienone is 1. The van der Waals surface area contributed by atoms with E-state index in [0.717, 1.165) is 48.7 Å². The molecule has 122 valence electrons. The smallest absolute Gasteiger partial charge is 0.230 e. The maximum Gasteiger partial charge on any atom is 0.230 e. The monoisotopic (exact) mass is 320 g/mol. The number of hydrogen-bond donors (Lipinski definition) is 0. The zero-order valence-corrected chi connectivity index (χ0v) is 13.5. The molecule has 1 atom stereocenters. The maximum absolute atomic E-state index is 6.07. The molecule has 3 heteroatoms. The summed E-state index contributed by atoms with van der Waals surface area (Å²) in [5.74, 6) is 1.87. The van der Waals surface area contributed by atoms with E-state index >= 15 is 0 Å². The molecule has 0 aromatic heterocycles. The summed E-state index contributed by atoms with van der Waals surface area (Å²) >= 11 is 0. The fraction of sp³-hybridized carbons (Fsp3) is 0.238. The van der Waals surface area contributed by atoms with Crippen LogP contribution in [0.25, 0.3) is 6.08 Å². The van der Waals surface area contributed by atoms with Crippen LogP contribution in [0, 0.1) is 0 Å². The normalized spacial score (nSPS) is 24.2. The molecule has 2 aromatic carbocycles. The predicted octanol–water partition coefficient (Wildman–Crippen LogP) is 5.30. The SMILES string of the molecule is C1=CC2(CCCCO2)O/C1=C\c1ccccc1Oc1ccccc1. The summed E-state index contributed by atoms with van der Waals surface area (Å²) in [7, 11) is 0. The molecule has 1 saturated heterocycles. The van der Waals surface area contributed by atoms with Crippen LogP contribution in [0.15, 0.2) is 72.5 Å². The molecule has 0 bridgehead atoms. The van der Waals surface area contributed by atoms with E-state index in [1.807, 2.05) is 72.8 Å². The van der Waals surface area contributed by atoms with Crippen molar-refractivity contribution in [2.45, 2.75) is 25.0 Å². The lowest BCUT2D eigenvalue weighted by molar-refractivity contribution is -0.191. The Morgan fingerprint density at radius 1 is 0.958 bits per heavy atom. The third-order valence-corrected chi connectivity index (χ3v) is 4.25. The van der Waals surface area contributed by atoms with Gasteiger partial charge in [0.2, 0.25) is 5.79 Å². The van der Waals surface area contributed by atoms with Crippen molar-refractivity contribution < 1.29 is 14.2 Å². The number of rotatable bonds is 3. The topological polar surface area (TPSA) is 27.7 Å². The largest absolute Gasteiger partial charge is 0.459 e. The highest BCUT2D eigenvalue weighted by atomic mass is 16.7. The fourth-order valence-corrected chi connectivity index (χ4v) is 3.02. The van der Waals surface area contributed by atoms with Gasteiger partial charge in [-0.25, -0.2) is 0 Å². The van der Waals surface area contributed by atoms with Crippen molar-refractivity contribution in [3.63, 3.8) is 0 Å². The van der Waals surface area contributed by atoms with E-state index in [1.165, 1.54) is 0 Å². The van der Waals surface area contributed by atoms with Gasteiger partial charge >= 0.3 is 0 Å². The van der Waals surface area contributed by atoms with Crippen molar-refractivity contribution in [1.29, 1.82) is 0 Å². The molecule has 2 aliphatic heterocycles. The van der Waals surface area contributed by atoms with Gasteiger partial charge in [0.25, 0.3) is 0 Å². The Labute approximate surface area is 142 Å². The van der Waals surface area contributed by atoms with Crippen LogP contribution < -0.4 is 4.74 Å². The molecule has 1 unspecified atom stereocenters. The summed E-state index contributed by atoms with van der Waals surface area (Å²) in [5.41, 5.74) is 0.980. The van der Waals surface area contributed by atoms with E-state index in [9.17, 15) is 0 Å². The zero-order valence-electron chi connectivity index (χ0n) is 13.5. The minimum atomic E-state index is -0.556. The van der Waals surface area contributed by atoms with Crippen LogP contribution in [0.2, 0.25) is 0 Å². The summed E-state index contributed by atoms with van der Waals surface area (Å²) < 4.78 is 17.9. The summed E-state index contributed by atoms with van der Waals surface area (Å²) in [5, 5.41) is 0. The maximum atomic E-state index is 6.07. The van der Waals surface area contributed by atoms with Crippen LogP contribution in [0.1, 0.15) is 24.8 Å². The van der Waals surface area contributed by atoms with Crippen LogP contribution >= 0.6 is 0 Å². The summed E-state index contributed by atoms with van der Waals surface area (Å²) in [6.45, 7) is 0.755. The fourth-order valence-electron chi connectivity index (χ4n) is 3.02.